The Morgan fingerprint density at radius 1 is 0.254 bits per heavy atom. The molecule has 0 spiro atoms. The highest BCUT2D eigenvalue weighted by Crippen LogP contribution is 2.80. The number of aromatic nitrogens is 3. The van der Waals surface area contributed by atoms with E-state index in [4.69, 9.17) is 15.0 Å². The zero-order chi connectivity index (χ0) is 41.7. The lowest BCUT2D eigenvalue weighted by Crippen LogP contribution is -2.03. The van der Waals surface area contributed by atoms with Crippen LogP contribution in [0.4, 0.5) is 0 Å². The maximum atomic E-state index is 5.30. The van der Waals surface area contributed by atoms with E-state index in [-0.39, 0.29) is 0 Å². The summed E-state index contributed by atoms with van der Waals surface area (Å²) in [6.45, 7) is 0. The number of nitrogens with zero attached hydrogens (tertiary/aromatic N) is 3. The lowest BCUT2D eigenvalue weighted by molar-refractivity contribution is 1.07. The molecular formula is C59H39N3S. The van der Waals surface area contributed by atoms with Crippen LogP contribution in [0.3, 0.4) is 0 Å². The predicted molar refractivity (Wildman–Crippen MR) is 261 cm³/mol. The first kappa shape index (κ1) is 36.9. The van der Waals surface area contributed by atoms with Crippen molar-refractivity contribution >= 4 is 31.6 Å². The number of benzene rings is 10. The standard InChI is InChI=1S/C59H39N3S/c1-4-17-41(18-5-1)57-60-58(47-21-14-20-42(38-47)43-30-31-45-37-46(33-32-44(45)36-43)52-28-15-19-40-16-10-11-26-51(40)52)62-59(61-57)48-34-35-54-53-27-12-13-29-55(53)63(56(54)39-48,49-22-6-2-7-23-49)50-24-8-3-9-25-50/h1-39H. The summed E-state index contributed by atoms with van der Waals surface area (Å²) < 4.78 is 0. The molecule has 3 nitrogen and oxygen atoms in total. The number of hydrogen-bond acceptors (Lipinski definition) is 3. The van der Waals surface area contributed by atoms with Crippen molar-refractivity contribution in [2.75, 3.05) is 0 Å². The third-order valence-corrected chi connectivity index (χ3v) is 16.3. The van der Waals surface area contributed by atoms with Gasteiger partial charge in [0.1, 0.15) is 0 Å². The van der Waals surface area contributed by atoms with Crippen LogP contribution in [-0.4, -0.2) is 15.0 Å². The third kappa shape index (κ3) is 6.26. The molecule has 63 heavy (non-hydrogen) atoms. The lowest BCUT2D eigenvalue weighted by atomic mass is 9.94. The largest absolute Gasteiger partial charge is 0.208 e. The monoisotopic (exact) mass is 821 g/mol. The van der Waals surface area contributed by atoms with Gasteiger partial charge in [0.05, 0.1) is 0 Å². The molecule has 11 aromatic rings. The second-order valence-corrected chi connectivity index (χ2v) is 19.0. The van der Waals surface area contributed by atoms with E-state index in [0.717, 1.165) is 27.8 Å². The van der Waals surface area contributed by atoms with Crippen LogP contribution in [0.15, 0.2) is 256 Å². The molecule has 4 heteroatoms. The van der Waals surface area contributed by atoms with Crippen LogP contribution >= 0.6 is 10.0 Å². The summed E-state index contributed by atoms with van der Waals surface area (Å²) in [4.78, 5) is 20.9. The number of rotatable bonds is 7. The Morgan fingerprint density at radius 3 is 1.48 bits per heavy atom. The molecule has 2 heterocycles. The summed E-state index contributed by atoms with van der Waals surface area (Å²) >= 11 is 0. The highest BCUT2D eigenvalue weighted by Gasteiger charge is 2.42. The predicted octanol–water partition coefficient (Wildman–Crippen LogP) is 15.8. The smallest absolute Gasteiger partial charge is 0.164 e. The van der Waals surface area contributed by atoms with Gasteiger partial charge >= 0.3 is 0 Å². The van der Waals surface area contributed by atoms with Crippen molar-refractivity contribution in [2.24, 2.45) is 0 Å². The van der Waals surface area contributed by atoms with Crippen LogP contribution in [-0.2, 0) is 0 Å². The first-order valence-electron chi connectivity index (χ1n) is 21.3. The Labute approximate surface area is 368 Å². The third-order valence-electron chi connectivity index (χ3n) is 12.3. The van der Waals surface area contributed by atoms with Crippen LogP contribution in [0, 0.1) is 0 Å². The van der Waals surface area contributed by atoms with Crippen molar-refractivity contribution in [3.8, 4) is 67.5 Å². The first-order chi connectivity index (χ1) is 31.2. The molecule has 0 aliphatic carbocycles. The van der Waals surface area contributed by atoms with Gasteiger partial charge in [-0.3, -0.25) is 0 Å². The Bertz CT molecular complexity index is 3470. The van der Waals surface area contributed by atoms with E-state index in [0.29, 0.717) is 17.5 Å². The molecule has 1 aromatic heterocycles. The number of fused-ring (bicyclic) bond motifs is 5. The molecule has 0 N–H and O–H groups in total. The lowest BCUT2D eigenvalue weighted by Gasteiger charge is -2.39. The second-order valence-electron chi connectivity index (χ2n) is 16.0. The van der Waals surface area contributed by atoms with Gasteiger partial charge in [0.2, 0.25) is 0 Å². The van der Waals surface area contributed by atoms with Gasteiger partial charge in [0.15, 0.2) is 17.5 Å². The highest BCUT2D eigenvalue weighted by molar-refractivity contribution is 8.34. The topological polar surface area (TPSA) is 38.7 Å². The van der Waals surface area contributed by atoms with E-state index >= 15 is 0 Å². The van der Waals surface area contributed by atoms with Crippen molar-refractivity contribution < 1.29 is 0 Å². The Balaban J connectivity index is 0.976. The molecule has 0 fully saturated rings. The molecule has 0 saturated heterocycles. The summed E-state index contributed by atoms with van der Waals surface area (Å²) in [6, 6.07) is 85.3. The summed E-state index contributed by atoms with van der Waals surface area (Å²) in [6.07, 6.45) is 0. The summed E-state index contributed by atoms with van der Waals surface area (Å²) in [5.74, 6) is 1.92. The van der Waals surface area contributed by atoms with Crippen molar-refractivity contribution in [1.82, 2.24) is 15.0 Å². The first-order valence-corrected chi connectivity index (χ1v) is 23.0. The van der Waals surface area contributed by atoms with E-state index < -0.39 is 10.0 Å². The zero-order valence-electron chi connectivity index (χ0n) is 34.3. The van der Waals surface area contributed by atoms with Crippen molar-refractivity contribution in [3.63, 3.8) is 0 Å². The van der Waals surface area contributed by atoms with Gasteiger partial charge in [-0.05, 0) is 110 Å². The molecule has 0 saturated carbocycles. The normalized spacial score (nSPS) is 13.1. The molecule has 296 valence electrons. The fraction of sp³-hybridized carbons (Fsp3) is 0. The molecule has 0 amide bonds. The number of hydrogen-bond donors (Lipinski definition) is 0. The SMILES string of the molecule is c1ccc(-c2nc(-c3cccc(-c4ccc5cc(-c6cccc7ccccc67)ccc5c4)c3)nc(-c3ccc4c(c3)S(c3ccccc3)(c3ccccc3)c3ccccc3-4)n2)cc1. The molecule has 1 aliphatic heterocycles. The van der Waals surface area contributed by atoms with Gasteiger partial charge in [0.25, 0.3) is 0 Å². The molecule has 12 rings (SSSR count). The van der Waals surface area contributed by atoms with Crippen LogP contribution in [0.25, 0.3) is 89.1 Å². The van der Waals surface area contributed by atoms with Crippen LogP contribution in [0.1, 0.15) is 0 Å². The average molecular weight is 822 g/mol. The molecule has 0 radical (unpaired) electrons. The average Bonchev–Trinajstić information content (AvgIpc) is 3.67. The Morgan fingerprint density at radius 2 is 0.730 bits per heavy atom. The highest BCUT2D eigenvalue weighted by atomic mass is 32.3. The maximum absolute atomic E-state index is 5.30. The Kier molecular flexibility index (Phi) is 8.91. The van der Waals surface area contributed by atoms with E-state index in [2.05, 4.69) is 218 Å². The van der Waals surface area contributed by atoms with Gasteiger partial charge in [-0.25, -0.2) is 15.0 Å². The quantitative estimate of drug-likeness (QED) is 0.161. The van der Waals surface area contributed by atoms with Crippen molar-refractivity contribution in [3.05, 3.63) is 237 Å². The van der Waals surface area contributed by atoms with E-state index in [1.807, 2.05) is 18.2 Å². The van der Waals surface area contributed by atoms with Gasteiger partial charge in [-0.1, -0.05) is 182 Å². The van der Waals surface area contributed by atoms with E-state index in [1.54, 1.807) is 0 Å². The zero-order valence-corrected chi connectivity index (χ0v) is 35.1. The molecule has 10 aromatic carbocycles. The second kappa shape index (κ2) is 15.2. The molecular weight excluding hydrogens is 783 g/mol. The fourth-order valence-corrected chi connectivity index (χ4v) is 13.6. The van der Waals surface area contributed by atoms with Gasteiger partial charge in [0, 0.05) is 36.3 Å². The summed E-state index contributed by atoms with van der Waals surface area (Å²) in [5, 5.41) is 4.91. The maximum Gasteiger partial charge on any atom is 0.164 e. The van der Waals surface area contributed by atoms with Crippen molar-refractivity contribution in [2.45, 2.75) is 19.6 Å². The Hall–Kier alpha value is -7.92. The van der Waals surface area contributed by atoms with Gasteiger partial charge in [-0.15, -0.1) is 10.0 Å². The van der Waals surface area contributed by atoms with Gasteiger partial charge < -0.3 is 0 Å². The summed E-state index contributed by atoms with van der Waals surface area (Å²) in [5.41, 5.74) is 10.1. The van der Waals surface area contributed by atoms with Crippen LogP contribution in [0.2, 0.25) is 0 Å². The fourth-order valence-electron chi connectivity index (χ4n) is 9.36. The molecule has 1 aliphatic rings. The van der Waals surface area contributed by atoms with E-state index in [1.165, 1.54) is 63.4 Å². The molecule has 0 bridgehead atoms. The summed E-state index contributed by atoms with van der Waals surface area (Å²) in [7, 11) is -1.84. The minimum absolute atomic E-state index is 0.634. The molecule has 0 atom stereocenters. The minimum Gasteiger partial charge on any atom is -0.208 e. The minimum atomic E-state index is -1.84. The van der Waals surface area contributed by atoms with Crippen molar-refractivity contribution in [1.29, 1.82) is 0 Å². The molecule has 0 unspecified atom stereocenters. The van der Waals surface area contributed by atoms with Gasteiger partial charge in [-0.2, -0.15) is 0 Å². The van der Waals surface area contributed by atoms with Crippen LogP contribution < -0.4 is 0 Å². The van der Waals surface area contributed by atoms with E-state index in [9.17, 15) is 0 Å². The van der Waals surface area contributed by atoms with Crippen LogP contribution in [0.5, 0.6) is 0 Å².